The number of benzene rings is 1. The Labute approximate surface area is 125 Å². The van der Waals surface area contributed by atoms with Gasteiger partial charge in [0.15, 0.2) is 0 Å². The Hall–Kier alpha value is -1.75. The monoisotopic (exact) mass is 293 g/mol. The van der Waals surface area contributed by atoms with E-state index in [-0.39, 0.29) is 12.4 Å². The second-order valence-electron chi connectivity index (χ2n) is 4.86. The maximum Gasteiger partial charge on any atom is 0.146 e. The second kappa shape index (κ2) is 6.13. The lowest BCUT2D eigenvalue weighted by Gasteiger charge is -2.31. The van der Waals surface area contributed by atoms with Crippen LogP contribution in [0.15, 0.2) is 24.5 Å². The third kappa shape index (κ3) is 2.58. The molecule has 0 atom stereocenters. The Morgan fingerprint density at radius 3 is 3.00 bits per heavy atom. The van der Waals surface area contributed by atoms with Crippen molar-refractivity contribution in [3.63, 3.8) is 0 Å². The standard InChI is InChI=1S/C14H19N5.ClH/c1-2-19-14(16-10-17-19)9-18-8-4-5-11-12(15)6-3-7-13(11)18;/h3,6-7,10H,2,4-5,8-9,15H2,1H3;1H. The van der Waals surface area contributed by atoms with E-state index < -0.39 is 0 Å². The molecule has 0 saturated heterocycles. The van der Waals surface area contributed by atoms with Crippen molar-refractivity contribution in [2.75, 3.05) is 17.2 Å². The van der Waals surface area contributed by atoms with E-state index in [0.29, 0.717) is 0 Å². The average Bonchev–Trinajstić information content (AvgIpc) is 2.87. The highest BCUT2D eigenvalue weighted by atomic mass is 35.5. The van der Waals surface area contributed by atoms with Crippen LogP contribution in [0.4, 0.5) is 11.4 Å². The molecule has 1 aromatic carbocycles. The zero-order chi connectivity index (χ0) is 13.2. The van der Waals surface area contributed by atoms with Gasteiger partial charge in [0.25, 0.3) is 0 Å². The smallest absolute Gasteiger partial charge is 0.146 e. The van der Waals surface area contributed by atoms with Crippen molar-refractivity contribution in [2.24, 2.45) is 0 Å². The number of halogens is 1. The van der Waals surface area contributed by atoms with Gasteiger partial charge in [-0.3, -0.25) is 0 Å². The summed E-state index contributed by atoms with van der Waals surface area (Å²) in [5.41, 5.74) is 9.50. The van der Waals surface area contributed by atoms with E-state index in [0.717, 1.165) is 44.0 Å². The van der Waals surface area contributed by atoms with Gasteiger partial charge in [0.05, 0.1) is 6.54 Å². The van der Waals surface area contributed by atoms with Gasteiger partial charge in [-0.2, -0.15) is 5.10 Å². The summed E-state index contributed by atoms with van der Waals surface area (Å²) in [4.78, 5) is 6.71. The predicted octanol–water partition coefficient (Wildman–Crippen LogP) is 2.25. The molecule has 0 spiro atoms. The molecule has 1 aliphatic rings. The quantitative estimate of drug-likeness (QED) is 0.882. The summed E-state index contributed by atoms with van der Waals surface area (Å²) in [6.07, 6.45) is 3.84. The lowest BCUT2D eigenvalue weighted by atomic mass is 10.00. The van der Waals surface area contributed by atoms with Crippen LogP contribution in [0.2, 0.25) is 0 Å². The normalized spacial score (nSPS) is 13.8. The fourth-order valence-electron chi connectivity index (χ4n) is 2.74. The van der Waals surface area contributed by atoms with Crippen molar-refractivity contribution >= 4 is 23.8 Å². The number of aryl methyl sites for hydroxylation is 1. The topological polar surface area (TPSA) is 60.0 Å². The summed E-state index contributed by atoms with van der Waals surface area (Å²) < 4.78 is 1.95. The first-order chi connectivity index (χ1) is 9.29. The molecule has 2 aromatic rings. The maximum atomic E-state index is 6.07. The van der Waals surface area contributed by atoms with Gasteiger partial charge in [-0.05, 0) is 37.5 Å². The fourth-order valence-corrected chi connectivity index (χ4v) is 2.74. The zero-order valence-corrected chi connectivity index (χ0v) is 12.4. The molecule has 5 nitrogen and oxygen atoms in total. The average molecular weight is 294 g/mol. The molecule has 1 aromatic heterocycles. The van der Waals surface area contributed by atoms with E-state index in [1.54, 1.807) is 6.33 Å². The highest BCUT2D eigenvalue weighted by Crippen LogP contribution is 2.31. The molecular formula is C14H20ClN5. The molecule has 108 valence electrons. The Bertz CT molecular complexity index is 581. The van der Waals surface area contributed by atoms with Crippen LogP contribution in [-0.4, -0.2) is 21.3 Å². The minimum absolute atomic E-state index is 0. The molecule has 0 bridgehead atoms. The number of rotatable bonds is 3. The van der Waals surface area contributed by atoms with E-state index >= 15 is 0 Å². The third-order valence-electron chi connectivity index (χ3n) is 3.71. The van der Waals surface area contributed by atoms with E-state index in [1.807, 2.05) is 16.8 Å². The molecule has 6 heteroatoms. The van der Waals surface area contributed by atoms with Crippen molar-refractivity contribution in [1.29, 1.82) is 0 Å². The van der Waals surface area contributed by atoms with Crippen molar-refractivity contribution in [3.05, 3.63) is 35.9 Å². The number of hydrogen-bond donors (Lipinski definition) is 1. The Kier molecular flexibility index (Phi) is 4.49. The Morgan fingerprint density at radius 1 is 1.35 bits per heavy atom. The van der Waals surface area contributed by atoms with Gasteiger partial charge < -0.3 is 10.6 Å². The van der Waals surface area contributed by atoms with E-state index in [2.05, 4.69) is 28.0 Å². The summed E-state index contributed by atoms with van der Waals surface area (Å²) in [6.45, 7) is 4.78. The van der Waals surface area contributed by atoms with E-state index in [4.69, 9.17) is 5.73 Å². The van der Waals surface area contributed by atoms with Gasteiger partial charge >= 0.3 is 0 Å². The number of aromatic nitrogens is 3. The van der Waals surface area contributed by atoms with E-state index in [1.165, 1.54) is 11.3 Å². The number of nitrogen functional groups attached to an aromatic ring is 1. The van der Waals surface area contributed by atoms with Crippen LogP contribution in [0.25, 0.3) is 0 Å². The second-order valence-corrected chi connectivity index (χ2v) is 4.86. The summed E-state index contributed by atoms with van der Waals surface area (Å²) in [5.74, 6) is 1.01. The third-order valence-corrected chi connectivity index (χ3v) is 3.71. The van der Waals surface area contributed by atoms with Crippen LogP contribution in [0.1, 0.15) is 24.7 Å². The molecular weight excluding hydrogens is 274 g/mol. The Balaban J connectivity index is 0.00000147. The number of hydrogen-bond acceptors (Lipinski definition) is 4. The molecule has 0 radical (unpaired) electrons. The maximum absolute atomic E-state index is 6.07. The summed E-state index contributed by atoms with van der Waals surface area (Å²) in [7, 11) is 0. The van der Waals surface area contributed by atoms with Gasteiger partial charge in [0.2, 0.25) is 0 Å². The van der Waals surface area contributed by atoms with Crippen molar-refractivity contribution in [1.82, 2.24) is 14.8 Å². The minimum Gasteiger partial charge on any atom is -0.398 e. The van der Waals surface area contributed by atoms with Crippen LogP contribution >= 0.6 is 12.4 Å². The number of nitrogens with zero attached hydrogens (tertiary/aromatic N) is 4. The molecule has 3 rings (SSSR count). The first-order valence-electron chi connectivity index (χ1n) is 6.78. The molecule has 20 heavy (non-hydrogen) atoms. The van der Waals surface area contributed by atoms with Crippen LogP contribution in [0.3, 0.4) is 0 Å². The molecule has 2 heterocycles. The number of anilines is 2. The molecule has 1 aliphatic heterocycles. The molecule has 0 aliphatic carbocycles. The Morgan fingerprint density at radius 2 is 2.20 bits per heavy atom. The minimum atomic E-state index is 0. The zero-order valence-electron chi connectivity index (χ0n) is 11.6. The van der Waals surface area contributed by atoms with Gasteiger partial charge in [0, 0.05) is 24.5 Å². The van der Waals surface area contributed by atoms with Crippen LogP contribution in [0, 0.1) is 0 Å². The number of nitrogens with two attached hydrogens (primary N) is 1. The van der Waals surface area contributed by atoms with Crippen LogP contribution < -0.4 is 10.6 Å². The first kappa shape index (κ1) is 14.7. The lowest BCUT2D eigenvalue weighted by Crippen LogP contribution is -2.30. The fraction of sp³-hybridized carbons (Fsp3) is 0.429. The highest BCUT2D eigenvalue weighted by molar-refractivity contribution is 5.85. The SMILES string of the molecule is CCn1ncnc1CN1CCCc2c(N)cccc21.Cl. The highest BCUT2D eigenvalue weighted by Gasteiger charge is 2.20. The predicted molar refractivity (Wildman–Crippen MR) is 83.2 cm³/mol. The largest absolute Gasteiger partial charge is 0.398 e. The molecule has 2 N–H and O–H groups in total. The summed E-state index contributed by atoms with van der Waals surface area (Å²) >= 11 is 0. The molecule has 0 amide bonds. The number of fused-ring (bicyclic) bond motifs is 1. The molecule has 0 fully saturated rings. The van der Waals surface area contributed by atoms with E-state index in [9.17, 15) is 0 Å². The van der Waals surface area contributed by atoms with Crippen LogP contribution in [-0.2, 0) is 19.5 Å². The van der Waals surface area contributed by atoms with Crippen molar-refractivity contribution < 1.29 is 0 Å². The van der Waals surface area contributed by atoms with Crippen molar-refractivity contribution in [2.45, 2.75) is 32.9 Å². The summed E-state index contributed by atoms with van der Waals surface area (Å²) in [6, 6.07) is 6.16. The van der Waals surface area contributed by atoms with Gasteiger partial charge in [-0.15, -0.1) is 12.4 Å². The van der Waals surface area contributed by atoms with Crippen molar-refractivity contribution in [3.8, 4) is 0 Å². The van der Waals surface area contributed by atoms with Crippen LogP contribution in [0.5, 0.6) is 0 Å². The summed E-state index contributed by atoms with van der Waals surface area (Å²) in [5, 5.41) is 4.23. The van der Waals surface area contributed by atoms with Gasteiger partial charge in [-0.1, -0.05) is 6.07 Å². The molecule has 0 saturated carbocycles. The lowest BCUT2D eigenvalue weighted by molar-refractivity contribution is 0.590. The van der Waals surface area contributed by atoms with Gasteiger partial charge in [-0.25, -0.2) is 9.67 Å². The van der Waals surface area contributed by atoms with Gasteiger partial charge in [0.1, 0.15) is 12.2 Å². The molecule has 0 unspecified atom stereocenters. The first-order valence-corrected chi connectivity index (χ1v) is 6.78.